The molecular weight excluding hydrogens is 302 g/mol. The van der Waals surface area contributed by atoms with Crippen LogP contribution >= 0.6 is 15.9 Å². The number of pyridine rings is 1. The molecular formula is C15H18BrN3. The van der Waals surface area contributed by atoms with Crippen LogP contribution in [-0.2, 0) is 6.54 Å². The molecule has 0 aliphatic rings. The molecule has 0 unspecified atom stereocenters. The SMILES string of the molecule is CCCNc1cc(NCc2cccc(Br)c2)ccn1. The van der Waals surface area contributed by atoms with E-state index in [4.69, 9.17) is 0 Å². The van der Waals surface area contributed by atoms with Gasteiger partial charge in [0.05, 0.1) is 0 Å². The third-order valence-corrected chi connectivity index (χ3v) is 3.19. The Morgan fingerprint density at radius 3 is 2.84 bits per heavy atom. The minimum Gasteiger partial charge on any atom is -0.381 e. The fourth-order valence-corrected chi connectivity index (χ4v) is 2.19. The molecule has 0 bridgehead atoms. The lowest BCUT2D eigenvalue weighted by Gasteiger charge is -2.09. The maximum atomic E-state index is 4.29. The van der Waals surface area contributed by atoms with Crippen LogP contribution in [0.2, 0.25) is 0 Å². The summed E-state index contributed by atoms with van der Waals surface area (Å²) in [5.74, 6) is 0.918. The smallest absolute Gasteiger partial charge is 0.127 e. The summed E-state index contributed by atoms with van der Waals surface area (Å²) >= 11 is 3.48. The van der Waals surface area contributed by atoms with Gasteiger partial charge in [0.2, 0.25) is 0 Å². The lowest BCUT2D eigenvalue weighted by atomic mass is 10.2. The normalized spacial score (nSPS) is 10.2. The van der Waals surface area contributed by atoms with Crippen molar-refractivity contribution in [3.05, 3.63) is 52.6 Å². The molecule has 0 radical (unpaired) electrons. The molecule has 0 aliphatic carbocycles. The topological polar surface area (TPSA) is 37.0 Å². The fourth-order valence-electron chi connectivity index (χ4n) is 1.74. The second-order valence-electron chi connectivity index (χ2n) is 4.34. The summed E-state index contributed by atoms with van der Waals surface area (Å²) < 4.78 is 1.10. The first-order chi connectivity index (χ1) is 9.28. The van der Waals surface area contributed by atoms with Gasteiger partial charge in [-0.1, -0.05) is 35.0 Å². The maximum absolute atomic E-state index is 4.29. The summed E-state index contributed by atoms with van der Waals surface area (Å²) in [6.07, 6.45) is 2.92. The number of halogens is 1. The highest BCUT2D eigenvalue weighted by Gasteiger charge is 1.98. The molecule has 4 heteroatoms. The van der Waals surface area contributed by atoms with Crippen molar-refractivity contribution in [1.29, 1.82) is 0 Å². The molecule has 0 saturated carbocycles. The summed E-state index contributed by atoms with van der Waals surface area (Å²) in [4.78, 5) is 4.29. The summed E-state index contributed by atoms with van der Waals surface area (Å²) in [6, 6.07) is 12.3. The molecule has 0 amide bonds. The van der Waals surface area contributed by atoms with Crippen molar-refractivity contribution in [1.82, 2.24) is 4.98 Å². The largest absolute Gasteiger partial charge is 0.381 e. The van der Waals surface area contributed by atoms with E-state index in [0.29, 0.717) is 0 Å². The molecule has 100 valence electrons. The molecule has 2 aromatic rings. The van der Waals surface area contributed by atoms with Gasteiger partial charge < -0.3 is 10.6 Å². The van der Waals surface area contributed by atoms with Crippen molar-refractivity contribution < 1.29 is 0 Å². The lowest BCUT2D eigenvalue weighted by molar-refractivity contribution is 0.969. The minimum absolute atomic E-state index is 0.802. The molecule has 0 aliphatic heterocycles. The maximum Gasteiger partial charge on any atom is 0.127 e. The number of rotatable bonds is 6. The van der Waals surface area contributed by atoms with Crippen molar-refractivity contribution in [3.63, 3.8) is 0 Å². The number of benzene rings is 1. The molecule has 1 aromatic carbocycles. The van der Waals surface area contributed by atoms with Gasteiger partial charge in [-0.25, -0.2) is 4.98 Å². The average molecular weight is 320 g/mol. The Morgan fingerprint density at radius 1 is 1.16 bits per heavy atom. The number of hydrogen-bond acceptors (Lipinski definition) is 3. The monoisotopic (exact) mass is 319 g/mol. The van der Waals surface area contributed by atoms with E-state index in [1.165, 1.54) is 5.56 Å². The lowest BCUT2D eigenvalue weighted by Crippen LogP contribution is -2.04. The zero-order chi connectivity index (χ0) is 13.5. The van der Waals surface area contributed by atoms with Gasteiger partial charge in [-0.3, -0.25) is 0 Å². The van der Waals surface area contributed by atoms with Gasteiger partial charge in [0.1, 0.15) is 5.82 Å². The van der Waals surface area contributed by atoms with Gasteiger partial charge in [0.15, 0.2) is 0 Å². The van der Waals surface area contributed by atoms with E-state index in [2.05, 4.69) is 50.6 Å². The number of nitrogens with one attached hydrogen (secondary N) is 2. The van der Waals surface area contributed by atoms with Gasteiger partial charge in [-0.2, -0.15) is 0 Å². The Morgan fingerprint density at radius 2 is 2.05 bits per heavy atom. The van der Waals surface area contributed by atoms with E-state index in [0.717, 1.165) is 35.5 Å². The molecule has 1 heterocycles. The van der Waals surface area contributed by atoms with Crippen molar-refractivity contribution in [2.75, 3.05) is 17.2 Å². The highest BCUT2D eigenvalue weighted by molar-refractivity contribution is 9.10. The first-order valence-electron chi connectivity index (χ1n) is 6.46. The van der Waals surface area contributed by atoms with E-state index in [-0.39, 0.29) is 0 Å². The molecule has 0 saturated heterocycles. The van der Waals surface area contributed by atoms with E-state index in [9.17, 15) is 0 Å². The van der Waals surface area contributed by atoms with E-state index in [1.807, 2.05) is 30.5 Å². The predicted octanol–water partition coefficient (Wildman–Crippen LogP) is 4.28. The number of nitrogens with zero attached hydrogens (tertiary/aromatic N) is 1. The van der Waals surface area contributed by atoms with E-state index >= 15 is 0 Å². The van der Waals surface area contributed by atoms with Gasteiger partial charge in [0, 0.05) is 35.5 Å². The Kier molecular flexibility index (Phi) is 5.21. The number of aromatic nitrogens is 1. The summed E-state index contributed by atoms with van der Waals surface area (Å²) in [5.41, 5.74) is 2.32. The average Bonchev–Trinajstić information content (AvgIpc) is 2.43. The highest BCUT2D eigenvalue weighted by atomic mass is 79.9. The first-order valence-corrected chi connectivity index (χ1v) is 7.25. The Hall–Kier alpha value is -1.55. The molecule has 0 spiro atoms. The van der Waals surface area contributed by atoms with Crippen LogP contribution in [0.5, 0.6) is 0 Å². The Balaban J connectivity index is 1.95. The van der Waals surface area contributed by atoms with E-state index in [1.54, 1.807) is 0 Å². The standard InChI is InChI=1S/C15H18BrN3/c1-2-7-17-15-10-14(6-8-18-15)19-11-12-4-3-5-13(16)9-12/h3-6,8-10H,2,7,11H2,1H3,(H2,17,18,19). The second kappa shape index (κ2) is 7.14. The van der Waals surface area contributed by atoms with E-state index < -0.39 is 0 Å². The van der Waals surface area contributed by atoms with Crippen LogP contribution in [0.3, 0.4) is 0 Å². The van der Waals surface area contributed by atoms with Crippen LogP contribution in [0.4, 0.5) is 11.5 Å². The number of hydrogen-bond donors (Lipinski definition) is 2. The quantitative estimate of drug-likeness (QED) is 0.834. The van der Waals surface area contributed by atoms with Crippen LogP contribution in [0, 0.1) is 0 Å². The van der Waals surface area contributed by atoms with Crippen molar-refractivity contribution in [2.24, 2.45) is 0 Å². The van der Waals surface area contributed by atoms with Crippen LogP contribution < -0.4 is 10.6 Å². The fraction of sp³-hybridized carbons (Fsp3) is 0.267. The third-order valence-electron chi connectivity index (χ3n) is 2.70. The Bertz CT molecular complexity index is 528. The molecule has 2 N–H and O–H groups in total. The highest BCUT2D eigenvalue weighted by Crippen LogP contribution is 2.15. The van der Waals surface area contributed by atoms with Gasteiger partial charge in [-0.15, -0.1) is 0 Å². The summed E-state index contributed by atoms with van der Waals surface area (Å²) in [7, 11) is 0. The first kappa shape index (κ1) is 13.9. The van der Waals surface area contributed by atoms with Gasteiger partial charge in [-0.05, 0) is 30.2 Å². The molecule has 2 rings (SSSR count). The molecule has 3 nitrogen and oxygen atoms in total. The molecule has 1 aromatic heterocycles. The zero-order valence-corrected chi connectivity index (χ0v) is 12.6. The van der Waals surface area contributed by atoms with Crippen molar-refractivity contribution in [3.8, 4) is 0 Å². The second-order valence-corrected chi connectivity index (χ2v) is 5.26. The summed E-state index contributed by atoms with van der Waals surface area (Å²) in [6.45, 7) is 3.89. The molecule has 0 atom stereocenters. The summed E-state index contributed by atoms with van der Waals surface area (Å²) in [5, 5.41) is 6.69. The zero-order valence-electron chi connectivity index (χ0n) is 11.0. The van der Waals surface area contributed by atoms with Crippen LogP contribution in [0.25, 0.3) is 0 Å². The van der Waals surface area contributed by atoms with Crippen LogP contribution in [0.1, 0.15) is 18.9 Å². The van der Waals surface area contributed by atoms with Crippen molar-refractivity contribution in [2.45, 2.75) is 19.9 Å². The van der Waals surface area contributed by atoms with Crippen LogP contribution in [0.15, 0.2) is 47.1 Å². The molecule has 19 heavy (non-hydrogen) atoms. The predicted molar refractivity (Wildman–Crippen MR) is 84.5 cm³/mol. The van der Waals surface area contributed by atoms with Gasteiger partial charge >= 0.3 is 0 Å². The molecule has 0 fully saturated rings. The number of anilines is 2. The Labute approximate surface area is 122 Å². The van der Waals surface area contributed by atoms with Gasteiger partial charge in [0.25, 0.3) is 0 Å². The minimum atomic E-state index is 0.802. The third kappa shape index (κ3) is 4.56. The van der Waals surface area contributed by atoms with Crippen molar-refractivity contribution >= 4 is 27.4 Å². The van der Waals surface area contributed by atoms with Crippen LogP contribution in [-0.4, -0.2) is 11.5 Å².